The second kappa shape index (κ2) is 4.00. The van der Waals surface area contributed by atoms with Crippen molar-refractivity contribution in [3.8, 4) is 0 Å². The predicted octanol–water partition coefficient (Wildman–Crippen LogP) is 1.25. The molecule has 0 aromatic heterocycles. The molecule has 1 aromatic carbocycles. The molecule has 0 saturated heterocycles. The zero-order chi connectivity index (χ0) is 10.8. The number of nitrogens with one attached hydrogen (secondary N) is 1. The third-order valence-electron chi connectivity index (χ3n) is 2.69. The molecular weight excluding hydrogens is 192 g/mol. The quantitative estimate of drug-likeness (QED) is 0.740. The fourth-order valence-corrected chi connectivity index (χ4v) is 1.89. The van der Waals surface area contributed by atoms with Crippen LogP contribution in [0.15, 0.2) is 24.3 Å². The Morgan fingerprint density at radius 2 is 2.20 bits per heavy atom. The molecule has 1 N–H and O–H groups in total. The third kappa shape index (κ3) is 1.73. The summed E-state index contributed by atoms with van der Waals surface area (Å²) in [5.74, 6) is 0.100. The van der Waals surface area contributed by atoms with Gasteiger partial charge in [0.15, 0.2) is 0 Å². The van der Waals surface area contributed by atoms with Gasteiger partial charge in [0.05, 0.1) is 13.2 Å². The van der Waals surface area contributed by atoms with Crippen molar-refractivity contribution >= 4 is 11.6 Å². The van der Waals surface area contributed by atoms with Crippen LogP contribution in [0.25, 0.3) is 0 Å². The topological polar surface area (TPSA) is 41.6 Å². The second-order valence-corrected chi connectivity index (χ2v) is 3.59. The van der Waals surface area contributed by atoms with E-state index in [1.54, 1.807) is 19.1 Å². The Morgan fingerprint density at radius 3 is 2.93 bits per heavy atom. The molecule has 1 amide bonds. The van der Waals surface area contributed by atoms with Gasteiger partial charge in [0.1, 0.15) is 0 Å². The summed E-state index contributed by atoms with van der Waals surface area (Å²) < 4.78 is 0. The number of carbonyl (C=O) groups is 1. The molecule has 1 unspecified atom stereocenters. The minimum atomic E-state index is -0.0464. The van der Waals surface area contributed by atoms with Crippen LogP contribution >= 0.6 is 0 Å². The molecule has 1 heterocycles. The normalized spacial score (nSPS) is 20.3. The molecule has 4 nitrogen and oxygen atoms in total. The highest BCUT2D eigenvalue weighted by Gasteiger charge is 2.28. The van der Waals surface area contributed by atoms with Crippen molar-refractivity contribution in [3.63, 3.8) is 0 Å². The van der Waals surface area contributed by atoms with Crippen LogP contribution in [0, 0.1) is 0 Å². The highest BCUT2D eigenvalue weighted by molar-refractivity contribution is 5.96. The molecule has 1 atom stereocenters. The van der Waals surface area contributed by atoms with Gasteiger partial charge in [-0.25, -0.2) is 0 Å². The average Bonchev–Trinajstić information content (AvgIpc) is 2.26. The number of amides is 1. The first-order valence-electron chi connectivity index (χ1n) is 4.88. The minimum Gasteiger partial charge on any atom is -0.315 e. The van der Waals surface area contributed by atoms with Crippen LogP contribution in [0.4, 0.5) is 5.69 Å². The maximum absolute atomic E-state index is 11.7. The van der Waals surface area contributed by atoms with E-state index in [1.807, 2.05) is 24.3 Å². The highest BCUT2D eigenvalue weighted by atomic mass is 16.6. The highest BCUT2D eigenvalue weighted by Crippen LogP contribution is 2.33. The van der Waals surface area contributed by atoms with Gasteiger partial charge in [0, 0.05) is 19.2 Å². The molecule has 80 valence electrons. The first kappa shape index (κ1) is 10.1. The van der Waals surface area contributed by atoms with E-state index in [2.05, 4.69) is 5.48 Å². The molecule has 0 aliphatic carbocycles. The molecule has 4 heteroatoms. The molecule has 0 spiro atoms. The van der Waals surface area contributed by atoms with E-state index in [4.69, 9.17) is 4.84 Å². The summed E-state index contributed by atoms with van der Waals surface area (Å²) in [6.07, 6.45) is 0.432. The van der Waals surface area contributed by atoms with Gasteiger partial charge in [0.25, 0.3) is 0 Å². The average molecular weight is 206 g/mol. The first-order valence-corrected chi connectivity index (χ1v) is 4.88. The van der Waals surface area contributed by atoms with Crippen LogP contribution in [0.3, 0.4) is 0 Å². The largest absolute Gasteiger partial charge is 0.315 e. The number of hydroxylamine groups is 1. The van der Waals surface area contributed by atoms with Crippen LogP contribution in [0.2, 0.25) is 0 Å². The van der Waals surface area contributed by atoms with Crippen LogP contribution in [-0.2, 0) is 9.63 Å². The summed E-state index contributed by atoms with van der Waals surface area (Å²) in [5, 5.41) is 0. The predicted molar refractivity (Wildman–Crippen MR) is 57.4 cm³/mol. The van der Waals surface area contributed by atoms with E-state index in [0.29, 0.717) is 6.42 Å². The number of hydrogen-bond donors (Lipinski definition) is 1. The van der Waals surface area contributed by atoms with E-state index < -0.39 is 0 Å². The molecule has 15 heavy (non-hydrogen) atoms. The fraction of sp³-hybridized carbons (Fsp3) is 0.364. The van der Waals surface area contributed by atoms with Gasteiger partial charge in [-0.2, -0.15) is 5.48 Å². The molecule has 0 fully saturated rings. The van der Waals surface area contributed by atoms with Crippen molar-refractivity contribution < 1.29 is 9.63 Å². The van der Waals surface area contributed by atoms with Crippen molar-refractivity contribution in [1.82, 2.24) is 5.48 Å². The first-order chi connectivity index (χ1) is 7.24. The molecule has 1 aliphatic heterocycles. The number of para-hydroxylation sites is 1. The summed E-state index contributed by atoms with van der Waals surface area (Å²) in [4.78, 5) is 18.3. The molecule has 0 bridgehead atoms. The van der Waals surface area contributed by atoms with E-state index in [-0.39, 0.29) is 11.9 Å². The fourth-order valence-electron chi connectivity index (χ4n) is 1.89. The van der Waals surface area contributed by atoms with E-state index in [9.17, 15) is 4.79 Å². The van der Waals surface area contributed by atoms with Gasteiger partial charge >= 0.3 is 0 Å². The van der Waals surface area contributed by atoms with Gasteiger partial charge in [-0.3, -0.25) is 4.79 Å². The Balaban J connectivity index is 2.40. The van der Waals surface area contributed by atoms with E-state index >= 15 is 0 Å². The monoisotopic (exact) mass is 206 g/mol. The van der Waals surface area contributed by atoms with Crippen molar-refractivity contribution in [2.45, 2.75) is 12.5 Å². The van der Waals surface area contributed by atoms with Crippen LogP contribution in [0.5, 0.6) is 0 Å². The molecule has 0 radical (unpaired) electrons. The lowest BCUT2D eigenvalue weighted by Crippen LogP contribution is -2.37. The summed E-state index contributed by atoms with van der Waals surface area (Å²) in [5.41, 5.74) is 4.89. The summed E-state index contributed by atoms with van der Waals surface area (Å²) >= 11 is 0. The molecule has 2 rings (SSSR count). The Morgan fingerprint density at radius 1 is 1.47 bits per heavy atom. The van der Waals surface area contributed by atoms with Crippen molar-refractivity contribution in [1.29, 1.82) is 0 Å². The third-order valence-corrected chi connectivity index (χ3v) is 2.69. The lowest BCUT2D eigenvalue weighted by atomic mass is 9.97. The Bertz CT molecular complexity index is 379. The molecule has 1 aliphatic rings. The van der Waals surface area contributed by atoms with Gasteiger partial charge < -0.3 is 9.74 Å². The minimum absolute atomic E-state index is 0.0464. The van der Waals surface area contributed by atoms with Crippen LogP contribution in [-0.4, -0.2) is 20.1 Å². The molecular formula is C11H14N2O2. The SMILES string of the molecule is CONC1CC(=O)N(C)c2ccccc21. The van der Waals surface area contributed by atoms with Gasteiger partial charge in [0.2, 0.25) is 5.91 Å². The molecule has 1 aromatic rings. The second-order valence-electron chi connectivity index (χ2n) is 3.59. The number of rotatable bonds is 2. The maximum Gasteiger partial charge on any atom is 0.228 e. The van der Waals surface area contributed by atoms with E-state index in [1.165, 1.54) is 0 Å². The number of hydrogen-bond acceptors (Lipinski definition) is 3. The Labute approximate surface area is 88.8 Å². The summed E-state index contributed by atoms with van der Waals surface area (Å²) in [7, 11) is 3.36. The van der Waals surface area contributed by atoms with E-state index in [0.717, 1.165) is 11.3 Å². The lowest BCUT2D eigenvalue weighted by Gasteiger charge is -2.31. The summed E-state index contributed by atoms with van der Waals surface area (Å²) in [6.45, 7) is 0. The number of nitrogens with zero attached hydrogens (tertiary/aromatic N) is 1. The van der Waals surface area contributed by atoms with Gasteiger partial charge in [-0.15, -0.1) is 0 Å². The number of carbonyl (C=O) groups excluding carboxylic acids is 1. The standard InChI is InChI=1S/C11H14N2O2/c1-13-10-6-4-3-5-8(10)9(12-15-2)7-11(13)14/h3-6,9,12H,7H2,1-2H3. The number of fused-ring (bicyclic) bond motifs is 1. The van der Waals surface area contributed by atoms with Crippen LogP contribution in [0.1, 0.15) is 18.0 Å². The summed E-state index contributed by atoms with van der Waals surface area (Å²) in [6, 6.07) is 7.80. The zero-order valence-corrected chi connectivity index (χ0v) is 8.86. The van der Waals surface area contributed by atoms with Crippen molar-refractivity contribution in [2.24, 2.45) is 0 Å². The van der Waals surface area contributed by atoms with Gasteiger partial charge in [-0.1, -0.05) is 18.2 Å². The number of anilines is 1. The molecule has 0 saturated carbocycles. The smallest absolute Gasteiger partial charge is 0.228 e. The number of benzene rings is 1. The van der Waals surface area contributed by atoms with Gasteiger partial charge in [-0.05, 0) is 11.6 Å². The van der Waals surface area contributed by atoms with Crippen molar-refractivity contribution in [3.05, 3.63) is 29.8 Å². The van der Waals surface area contributed by atoms with Crippen molar-refractivity contribution in [2.75, 3.05) is 19.1 Å². The zero-order valence-electron chi connectivity index (χ0n) is 8.86. The van der Waals surface area contributed by atoms with Crippen LogP contribution < -0.4 is 10.4 Å². The Hall–Kier alpha value is -1.39. The lowest BCUT2D eigenvalue weighted by molar-refractivity contribution is -0.120. The maximum atomic E-state index is 11.7. The Kier molecular flexibility index (Phi) is 2.70.